The molecule has 0 spiro atoms. The van der Waals surface area contributed by atoms with E-state index in [9.17, 15) is 27.5 Å². The molecule has 1 saturated carbocycles. The van der Waals surface area contributed by atoms with Crippen LogP contribution in [0, 0.1) is 11.7 Å². The van der Waals surface area contributed by atoms with Crippen LogP contribution in [0.25, 0.3) is 0 Å². The lowest BCUT2D eigenvalue weighted by Gasteiger charge is -2.38. The van der Waals surface area contributed by atoms with E-state index >= 15 is 0 Å². The number of fused-ring (bicyclic) bond motifs is 1. The summed E-state index contributed by atoms with van der Waals surface area (Å²) in [5.41, 5.74) is -3.17. The predicted octanol–water partition coefficient (Wildman–Crippen LogP) is 2.84. The molecule has 0 bridgehead atoms. The van der Waals surface area contributed by atoms with E-state index in [1.54, 1.807) is 0 Å². The topological polar surface area (TPSA) is 62.1 Å². The number of nitrogens with zero attached hydrogens (tertiary/aromatic N) is 2. The van der Waals surface area contributed by atoms with Gasteiger partial charge in [-0.05, 0) is 43.5 Å². The highest BCUT2D eigenvalue weighted by Crippen LogP contribution is 2.48. The molecule has 0 unspecified atom stereocenters. The standard InChI is InChI=1S/C16H16F4N2O3/c17-10-5-7-11(8-6-10)25-9-14(23)22-15(24,16(18,19)20)12-3-1-2-4-13(12)21-22/h5-8,12,24H,1-4,9H2/t12-,15-/m0/s1. The maximum atomic E-state index is 13.5. The summed E-state index contributed by atoms with van der Waals surface area (Å²) in [6.45, 7) is -0.756. The third-order valence-corrected chi connectivity index (χ3v) is 4.44. The Morgan fingerprint density at radius 3 is 2.64 bits per heavy atom. The van der Waals surface area contributed by atoms with Crippen molar-refractivity contribution < 1.29 is 32.2 Å². The minimum Gasteiger partial charge on any atom is -0.484 e. The number of ether oxygens (including phenoxy) is 1. The Balaban J connectivity index is 1.79. The number of alkyl halides is 3. The van der Waals surface area contributed by atoms with Crippen LogP contribution in [0.2, 0.25) is 0 Å². The van der Waals surface area contributed by atoms with Gasteiger partial charge in [0.25, 0.3) is 11.6 Å². The van der Waals surface area contributed by atoms with E-state index in [0.717, 1.165) is 12.1 Å². The molecule has 1 amide bonds. The van der Waals surface area contributed by atoms with Gasteiger partial charge >= 0.3 is 6.18 Å². The summed E-state index contributed by atoms with van der Waals surface area (Å²) in [7, 11) is 0. The van der Waals surface area contributed by atoms with E-state index < -0.39 is 36.2 Å². The molecule has 136 valence electrons. The van der Waals surface area contributed by atoms with Crippen molar-refractivity contribution in [1.29, 1.82) is 0 Å². The molecule has 1 heterocycles. The molecule has 1 aromatic carbocycles. The maximum absolute atomic E-state index is 13.5. The molecule has 25 heavy (non-hydrogen) atoms. The van der Waals surface area contributed by atoms with Gasteiger partial charge in [-0.2, -0.15) is 23.3 Å². The zero-order valence-electron chi connectivity index (χ0n) is 13.1. The van der Waals surface area contributed by atoms with Gasteiger partial charge in [0.2, 0.25) is 0 Å². The highest BCUT2D eigenvalue weighted by atomic mass is 19.4. The molecule has 5 nitrogen and oxygen atoms in total. The van der Waals surface area contributed by atoms with E-state index in [4.69, 9.17) is 4.74 Å². The van der Waals surface area contributed by atoms with Crippen molar-refractivity contribution in [2.45, 2.75) is 37.6 Å². The Kier molecular flexibility index (Phi) is 4.44. The lowest BCUT2D eigenvalue weighted by molar-refractivity contribution is -0.317. The molecule has 1 fully saturated rings. The number of amides is 1. The SMILES string of the molecule is O=C(COc1ccc(F)cc1)N1N=C2CCCC[C@@H]2[C@]1(O)C(F)(F)F. The second-order valence-corrected chi connectivity index (χ2v) is 6.06. The number of carbonyl (C=O) groups excluding carboxylic acids is 1. The van der Waals surface area contributed by atoms with Crippen LogP contribution in [0.5, 0.6) is 5.75 Å². The average Bonchev–Trinajstić information content (AvgIpc) is 2.89. The van der Waals surface area contributed by atoms with Crippen molar-refractivity contribution >= 4 is 11.6 Å². The van der Waals surface area contributed by atoms with Gasteiger partial charge in [0.1, 0.15) is 11.6 Å². The van der Waals surface area contributed by atoms with E-state index in [2.05, 4.69) is 5.10 Å². The van der Waals surface area contributed by atoms with Gasteiger partial charge in [0.05, 0.1) is 5.92 Å². The van der Waals surface area contributed by atoms with Crippen LogP contribution >= 0.6 is 0 Å². The first-order valence-electron chi connectivity index (χ1n) is 7.81. The summed E-state index contributed by atoms with van der Waals surface area (Å²) in [6.07, 6.45) is -3.44. The molecule has 0 radical (unpaired) electrons. The average molecular weight is 360 g/mol. The minimum atomic E-state index is -5.05. The summed E-state index contributed by atoms with van der Waals surface area (Å²) in [4.78, 5) is 12.3. The Labute approximate surface area is 140 Å². The second-order valence-electron chi connectivity index (χ2n) is 6.06. The van der Waals surface area contributed by atoms with E-state index in [1.165, 1.54) is 12.1 Å². The van der Waals surface area contributed by atoms with Crippen LogP contribution < -0.4 is 4.74 Å². The van der Waals surface area contributed by atoms with Gasteiger partial charge in [-0.1, -0.05) is 6.42 Å². The zero-order valence-corrected chi connectivity index (χ0v) is 13.1. The molecule has 2 atom stereocenters. The third-order valence-electron chi connectivity index (χ3n) is 4.44. The van der Waals surface area contributed by atoms with Crippen molar-refractivity contribution in [1.82, 2.24) is 5.01 Å². The summed E-state index contributed by atoms with van der Waals surface area (Å²) in [5.74, 6) is -2.77. The molecule has 1 aliphatic heterocycles. The lowest BCUT2D eigenvalue weighted by Crippen LogP contribution is -2.62. The van der Waals surface area contributed by atoms with Gasteiger partial charge in [0.15, 0.2) is 6.61 Å². The Hall–Kier alpha value is -2.16. The molecule has 0 saturated heterocycles. The second kappa shape index (κ2) is 6.29. The number of hydrazone groups is 1. The van der Waals surface area contributed by atoms with Crippen LogP contribution in [0.3, 0.4) is 0 Å². The lowest BCUT2D eigenvalue weighted by atomic mass is 9.80. The van der Waals surface area contributed by atoms with Crippen molar-refractivity contribution in [2.75, 3.05) is 6.61 Å². The fourth-order valence-corrected chi connectivity index (χ4v) is 3.20. The molecule has 1 aromatic rings. The molecule has 1 aliphatic carbocycles. The third kappa shape index (κ3) is 3.08. The number of rotatable bonds is 3. The van der Waals surface area contributed by atoms with Gasteiger partial charge in [0, 0.05) is 5.71 Å². The number of hydrogen-bond acceptors (Lipinski definition) is 4. The summed E-state index contributed by atoms with van der Waals surface area (Å²) < 4.78 is 58.5. The fraction of sp³-hybridized carbons (Fsp3) is 0.500. The van der Waals surface area contributed by atoms with Crippen LogP contribution in [0.1, 0.15) is 25.7 Å². The quantitative estimate of drug-likeness (QED) is 0.844. The van der Waals surface area contributed by atoms with Crippen molar-refractivity contribution in [3.05, 3.63) is 30.1 Å². The van der Waals surface area contributed by atoms with Crippen LogP contribution in [0.15, 0.2) is 29.4 Å². The van der Waals surface area contributed by atoms with Crippen molar-refractivity contribution in [3.8, 4) is 5.75 Å². The minimum absolute atomic E-state index is 0.0991. The van der Waals surface area contributed by atoms with Crippen LogP contribution in [0.4, 0.5) is 17.6 Å². The number of carbonyl (C=O) groups is 1. The molecule has 2 aliphatic rings. The molecular formula is C16H16F4N2O3. The fourth-order valence-electron chi connectivity index (χ4n) is 3.20. The molecule has 0 aromatic heterocycles. The monoisotopic (exact) mass is 360 g/mol. The highest BCUT2D eigenvalue weighted by molar-refractivity contribution is 5.93. The first kappa shape index (κ1) is 17.7. The van der Waals surface area contributed by atoms with Gasteiger partial charge in [-0.3, -0.25) is 4.79 Å². The van der Waals surface area contributed by atoms with E-state index in [0.29, 0.717) is 19.3 Å². The smallest absolute Gasteiger partial charge is 0.439 e. The summed E-state index contributed by atoms with van der Waals surface area (Å²) in [5, 5.41) is 14.2. The summed E-state index contributed by atoms with van der Waals surface area (Å²) in [6, 6.07) is 4.68. The largest absolute Gasteiger partial charge is 0.484 e. The number of aliphatic hydroxyl groups is 1. The number of benzene rings is 1. The van der Waals surface area contributed by atoms with Crippen molar-refractivity contribution in [3.63, 3.8) is 0 Å². The Bertz CT molecular complexity index is 690. The van der Waals surface area contributed by atoms with Gasteiger partial charge < -0.3 is 9.84 Å². The normalized spacial score (nSPS) is 26.2. The predicted molar refractivity (Wildman–Crippen MR) is 79.1 cm³/mol. The van der Waals surface area contributed by atoms with Crippen LogP contribution in [-0.4, -0.2) is 40.2 Å². The molecule has 3 rings (SSSR count). The Morgan fingerprint density at radius 2 is 2.00 bits per heavy atom. The number of hydrogen-bond donors (Lipinski definition) is 1. The summed E-state index contributed by atoms with van der Waals surface area (Å²) >= 11 is 0. The van der Waals surface area contributed by atoms with Gasteiger partial charge in [-0.15, -0.1) is 0 Å². The van der Waals surface area contributed by atoms with E-state index in [1.807, 2.05) is 0 Å². The molecule has 1 N–H and O–H groups in total. The van der Waals surface area contributed by atoms with E-state index in [-0.39, 0.29) is 22.9 Å². The number of halogens is 4. The zero-order chi connectivity index (χ0) is 18.2. The first-order valence-corrected chi connectivity index (χ1v) is 7.81. The first-order chi connectivity index (χ1) is 11.7. The van der Waals surface area contributed by atoms with Crippen molar-refractivity contribution in [2.24, 2.45) is 11.0 Å². The highest BCUT2D eigenvalue weighted by Gasteiger charge is 2.68. The van der Waals surface area contributed by atoms with Gasteiger partial charge in [-0.25, -0.2) is 4.39 Å². The maximum Gasteiger partial charge on any atom is 0.439 e. The Morgan fingerprint density at radius 1 is 1.32 bits per heavy atom. The van der Waals surface area contributed by atoms with Crippen LogP contribution in [-0.2, 0) is 4.79 Å². The molecular weight excluding hydrogens is 344 g/mol. The molecule has 9 heteroatoms.